The van der Waals surface area contributed by atoms with E-state index in [2.05, 4.69) is 0 Å². The average Bonchev–Trinajstić information content (AvgIpc) is 0. The van der Waals surface area contributed by atoms with Crippen LogP contribution in [0.25, 0.3) is 0 Å². The molecule has 5 heteroatoms. The van der Waals surface area contributed by atoms with E-state index in [1.165, 1.54) is 0 Å². The predicted octanol–water partition coefficient (Wildman–Crippen LogP) is -0.740. The summed E-state index contributed by atoms with van der Waals surface area (Å²) in [6.45, 7) is 0. The SMILES string of the molecule is [Bi].[Mo+6].[O-2].[O-2].[O-2]. The van der Waals surface area contributed by atoms with Gasteiger partial charge in [-0.1, -0.05) is 0 Å². The third-order valence-corrected chi connectivity index (χ3v) is 0. The first-order chi connectivity index (χ1) is 0. The molecule has 5 heavy (non-hydrogen) atoms. The molecule has 3 radical (unpaired) electrons. The quantitative estimate of drug-likeness (QED) is 0.514. The van der Waals surface area contributed by atoms with Crippen LogP contribution < -0.4 is 0 Å². The second-order valence-electron chi connectivity index (χ2n) is 0. The van der Waals surface area contributed by atoms with Crippen LogP contribution >= 0.6 is 0 Å². The van der Waals surface area contributed by atoms with Crippen molar-refractivity contribution in [2.45, 2.75) is 0 Å². The molecule has 0 aromatic rings. The van der Waals surface area contributed by atoms with E-state index in [1.54, 1.807) is 0 Å². The van der Waals surface area contributed by atoms with Gasteiger partial charge >= 0.3 is 21.1 Å². The Bertz CT molecular complexity index is 6.85. The molecule has 0 aliphatic carbocycles. The van der Waals surface area contributed by atoms with Crippen LogP contribution in [0.2, 0.25) is 0 Å². The molecule has 0 saturated carbocycles. The maximum absolute atomic E-state index is 0. The van der Waals surface area contributed by atoms with Crippen LogP contribution in [0.3, 0.4) is 0 Å². The van der Waals surface area contributed by atoms with Crippen molar-refractivity contribution in [1.29, 1.82) is 0 Å². The van der Waals surface area contributed by atoms with E-state index >= 15 is 0 Å². The zero-order chi connectivity index (χ0) is 0. The van der Waals surface area contributed by atoms with Gasteiger partial charge in [0.2, 0.25) is 0 Å². The molecule has 0 rings (SSSR count). The smallest absolute Gasteiger partial charge is 2.00 e. The molecule has 0 aliphatic heterocycles. The van der Waals surface area contributed by atoms with Gasteiger partial charge in [0.25, 0.3) is 0 Å². The van der Waals surface area contributed by atoms with Crippen molar-refractivity contribution < 1.29 is 37.5 Å². The Morgan fingerprint density at radius 3 is 0.600 bits per heavy atom. The van der Waals surface area contributed by atoms with Gasteiger partial charge in [-0.05, 0) is 0 Å². The molecule has 0 heterocycles. The minimum Gasteiger partial charge on any atom is -2.00 e. The van der Waals surface area contributed by atoms with Crippen molar-refractivity contribution in [2.75, 3.05) is 0 Å². The van der Waals surface area contributed by atoms with Crippen LogP contribution in [0.1, 0.15) is 0 Å². The molecule has 0 aromatic carbocycles. The monoisotopic (exact) mass is 355 g/mol. The molecular weight excluding hydrogens is 353 g/mol. The molecule has 3 nitrogen and oxygen atoms in total. The van der Waals surface area contributed by atoms with Crippen LogP contribution in [-0.4, -0.2) is 26.2 Å². The first-order valence-electron chi connectivity index (χ1n) is 0. The van der Waals surface area contributed by atoms with E-state index in [1.807, 2.05) is 0 Å². The van der Waals surface area contributed by atoms with Gasteiger partial charge in [-0.25, -0.2) is 0 Å². The number of rotatable bonds is 0. The summed E-state index contributed by atoms with van der Waals surface area (Å²) in [6.07, 6.45) is 0. The van der Waals surface area contributed by atoms with E-state index in [0.29, 0.717) is 0 Å². The normalized spacial score (nSPS) is 0. The molecular formula is BiMoO3. The van der Waals surface area contributed by atoms with Gasteiger partial charge in [0, 0.05) is 26.2 Å². The van der Waals surface area contributed by atoms with Crippen LogP contribution in [0.5, 0.6) is 0 Å². The molecule has 0 saturated heterocycles. The zero-order valence-electron chi connectivity index (χ0n) is 2.08. The van der Waals surface area contributed by atoms with Crippen molar-refractivity contribution in [3.63, 3.8) is 0 Å². The van der Waals surface area contributed by atoms with E-state index in [-0.39, 0.29) is 63.7 Å². The van der Waals surface area contributed by atoms with E-state index in [0.717, 1.165) is 0 Å². The second kappa shape index (κ2) is 51.3. The summed E-state index contributed by atoms with van der Waals surface area (Å²) < 4.78 is 0. The largest absolute Gasteiger partial charge is 6.00 e. The van der Waals surface area contributed by atoms with Crippen LogP contribution in [0, 0.1) is 0 Å². The van der Waals surface area contributed by atoms with Crippen LogP contribution in [0.15, 0.2) is 0 Å². The summed E-state index contributed by atoms with van der Waals surface area (Å²) >= 11 is 0. The van der Waals surface area contributed by atoms with Crippen molar-refractivity contribution in [2.24, 2.45) is 0 Å². The molecule has 0 aliphatic rings. The maximum Gasteiger partial charge on any atom is 6.00 e. The fraction of sp³-hybridized carbons (Fsp3) is 0. The Balaban J connectivity index is 0. The van der Waals surface area contributed by atoms with E-state index < -0.39 is 0 Å². The second-order valence-corrected chi connectivity index (χ2v) is 0. The van der Waals surface area contributed by atoms with Gasteiger partial charge < -0.3 is 16.4 Å². The third kappa shape index (κ3) is 30.8. The molecule has 29 valence electrons. The Kier molecular flexibility index (Phi) is 933. The fourth-order valence-corrected chi connectivity index (χ4v) is 0. The minimum absolute atomic E-state index is 0. The topological polar surface area (TPSA) is 85.5 Å². The summed E-state index contributed by atoms with van der Waals surface area (Å²) in [7, 11) is 0. The van der Waals surface area contributed by atoms with Crippen molar-refractivity contribution >= 4 is 26.2 Å². The zero-order valence-corrected chi connectivity index (χ0v) is 7.56. The first kappa shape index (κ1) is 91.0. The molecule has 0 aromatic heterocycles. The summed E-state index contributed by atoms with van der Waals surface area (Å²) in [5.74, 6) is 0. The average molecular weight is 353 g/mol. The molecule has 0 N–H and O–H groups in total. The van der Waals surface area contributed by atoms with Crippen molar-refractivity contribution in [3.05, 3.63) is 0 Å². The molecule has 0 bridgehead atoms. The molecule has 0 unspecified atom stereocenters. The predicted molar refractivity (Wildman–Crippen MR) is 7.81 cm³/mol. The Hall–Kier alpha value is 1.45. The summed E-state index contributed by atoms with van der Waals surface area (Å²) in [6, 6.07) is 0. The number of hydrogen-bond acceptors (Lipinski definition) is 0. The van der Waals surface area contributed by atoms with E-state index in [4.69, 9.17) is 0 Å². The van der Waals surface area contributed by atoms with Crippen molar-refractivity contribution in [1.82, 2.24) is 0 Å². The maximum atomic E-state index is 0. The summed E-state index contributed by atoms with van der Waals surface area (Å²) in [5, 5.41) is 0. The van der Waals surface area contributed by atoms with Crippen LogP contribution in [0.4, 0.5) is 0 Å². The molecule has 0 amide bonds. The molecule has 0 atom stereocenters. The third-order valence-electron chi connectivity index (χ3n) is 0. The Morgan fingerprint density at radius 2 is 0.600 bits per heavy atom. The Labute approximate surface area is 63.4 Å². The standard InChI is InChI=1S/Bi.Mo.3O/q;+6;3*-2. The van der Waals surface area contributed by atoms with Crippen LogP contribution in [-0.2, 0) is 37.5 Å². The van der Waals surface area contributed by atoms with Gasteiger partial charge in [-0.2, -0.15) is 0 Å². The first-order valence-corrected chi connectivity index (χ1v) is 0. The van der Waals surface area contributed by atoms with Gasteiger partial charge in [0.15, 0.2) is 0 Å². The van der Waals surface area contributed by atoms with Gasteiger partial charge in [-0.3, -0.25) is 0 Å². The number of hydrogen-bond donors (Lipinski definition) is 0. The van der Waals surface area contributed by atoms with Crippen molar-refractivity contribution in [3.8, 4) is 0 Å². The van der Waals surface area contributed by atoms with E-state index in [9.17, 15) is 0 Å². The summed E-state index contributed by atoms with van der Waals surface area (Å²) in [4.78, 5) is 0. The van der Waals surface area contributed by atoms with Gasteiger partial charge in [0.1, 0.15) is 0 Å². The van der Waals surface area contributed by atoms with Gasteiger partial charge in [-0.15, -0.1) is 0 Å². The Morgan fingerprint density at radius 1 is 0.600 bits per heavy atom. The molecule has 0 fully saturated rings. The summed E-state index contributed by atoms with van der Waals surface area (Å²) in [5.41, 5.74) is 0. The van der Waals surface area contributed by atoms with Gasteiger partial charge in [0.05, 0.1) is 0 Å². The fourth-order valence-electron chi connectivity index (χ4n) is 0. The molecule has 0 spiro atoms. The minimum atomic E-state index is 0.